The zero-order chi connectivity index (χ0) is 16.1. The number of nitrogens with one attached hydrogen (secondary N) is 2. The molecule has 0 aliphatic carbocycles. The van der Waals surface area contributed by atoms with Crippen molar-refractivity contribution in [3.63, 3.8) is 0 Å². The van der Waals surface area contributed by atoms with E-state index >= 15 is 0 Å². The highest BCUT2D eigenvalue weighted by Gasteiger charge is 2.14. The van der Waals surface area contributed by atoms with Crippen LogP contribution in [0.4, 0.5) is 5.95 Å². The lowest BCUT2D eigenvalue weighted by Crippen LogP contribution is -2.40. The van der Waals surface area contributed by atoms with Gasteiger partial charge in [0.05, 0.1) is 0 Å². The summed E-state index contributed by atoms with van der Waals surface area (Å²) in [7, 11) is 0. The number of hydrazine groups is 1. The highest BCUT2D eigenvalue weighted by Crippen LogP contribution is 2.13. The van der Waals surface area contributed by atoms with Gasteiger partial charge in [0.1, 0.15) is 5.75 Å². The molecular weight excluding hydrogens is 280 g/mol. The van der Waals surface area contributed by atoms with E-state index in [0.717, 1.165) is 17.0 Å². The van der Waals surface area contributed by atoms with Crippen LogP contribution < -0.4 is 15.6 Å². The second-order valence-corrected chi connectivity index (χ2v) is 5.16. The maximum Gasteiger partial charge on any atom is 0.279 e. The van der Waals surface area contributed by atoms with Gasteiger partial charge in [-0.2, -0.15) is 0 Å². The second kappa shape index (κ2) is 6.89. The van der Waals surface area contributed by atoms with Crippen molar-refractivity contribution in [2.75, 3.05) is 5.43 Å². The Labute approximate surface area is 129 Å². The molecule has 0 aliphatic rings. The minimum Gasteiger partial charge on any atom is -0.481 e. The lowest BCUT2D eigenvalue weighted by Gasteiger charge is -2.15. The molecule has 6 heteroatoms. The normalized spacial score (nSPS) is 11.6. The fraction of sp³-hybridized carbons (Fsp3) is 0.312. The number of carbonyl (C=O) groups excluding carboxylic acids is 1. The van der Waals surface area contributed by atoms with Crippen LogP contribution in [0.1, 0.15) is 23.9 Å². The summed E-state index contributed by atoms with van der Waals surface area (Å²) in [4.78, 5) is 20.4. The van der Waals surface area contributed by atoms with Gasteiger partial charge >= 0.3 is 0 Å². The molecule has 2 rings (SSSR count). The minimum absolute atomic E-state index is 0.302. The number of ether oxygens (including phenoxy) is 1. The molecule has 0 saturated carbocycles. The van der Waals surface area contributed by atoms with E-state index in [2.05, 4.69) is 20.8 Å². The van der Waals surface area contributed by atoms with E-state index in [1.165, 1.54) is 0 Å². The summed E-state index contributed by atoms with van der Waals surface area (Å²) >= 11 is 0. The summed E-state index contributed by atoms with van der Waals surface area (Å²) in [5, 5.41) is 0. The van der Waals surface area contributed by atoms with Crippen LogP contribution in [0.15, 0.2) is 30.3 Å². The van der Waals surface area contributed by atoms with Gasteiger partial charge < -0.3 is 4.74 Å². The predicted octanol–water partition coefficient (Wildman–Crippen LogP) is 2.31. The number of aromatic nitrogens is 2. The van der Waals surface area contributed by atoms with E-state index in [1.807, 2.05) is 51.1 Å². The predicted molar refractivity (Wildman–Crippen MR) is 84.5 cm³/mol. The van der Waals surface area contributed by atoms with E-state index in [1.54, 1.807) is 6.92 Å². The number of hydrogen-bond acceptors (Lipinski definition) is 5. The second-order valence-electron chi connectivity index (χ2n) is 5.16. The Kier molecular flexibility index (Phi) is 4.93. The SMILES string of the molecule is Cc1ccc(OC(C)C(=O)NNc2nc(C)cc(C)n2)cc1. The summed E-state index contributed by atoms with van der Waals surface area (Å²) in [5.74, 6) is 0.702. The molecule has 0 spiro atoms. The Morgan fingerprint density at radius 2 is 1.68 bits per heavy atom. The van der Waals surface area contributed by atoms with Crippen molar-refractivity contribution in [1.82, 2.24) is 15.4 Å². The molecule has 1 heterocycles. The van der Waals surface area contributed by atoms with Crippen molar-refractivity contribution in [2.45, 2.75) is 33.8 Å². The van der Waals surface area contributed by atoms with Gasteiger partial charge in [-0.05, 0) is 45.9 Å². The third kappa shape index (κ3) is 4.44. The molecule has 116 valence electrons. The summed E-state index contributed by atoms with van der Waals surface area (Å²) < 4.78 is 5.57. The molecule has 6 nitrogen and oxygen atoms in total. The van der Waals surface area contributed by atoms with Crippen molar-refractivity contribution < 1.29 is 9.53 Å². The number of hydrogen-bond donors (Lipinski definition) is 2. The number of rotatable bonds is 5. The molecule has 1 aromatic carbocycles. The lowest BCUT2D eigenvalue weighted by atomic mass is 10.2. The molecule has 0 bridgehead atoms. The van der Waals surface area contributed by atoms with Crippen molar-refractivity contribution in [2.24, 2.45) is 0 Å². The highest BCUT2D eigenvalue weighted by molar-refractivity contribution is 5.81. The van der Waals surface area contributed by atoms with E-state index in [4.69, 9.17) is 4.74 Å². The Morgan fingerprint density at radius 1 is 1.09 bits per heavy atom. The molecule has 2 N–H and O–H groups in total. The van der Waals surface area contributed by atoms with Gasteiger partial charge in [-0.3, -0.25) is 15.6 Å². The lowest BCUT2D eigenvalue weighted by molar-refractivity contribution is -0.126. The van der Waals surface area contributed by atoms with Crippen molar-refractivity contribution in [3.05, 3.63) is 47.3 Å². The molecule has 0 radical (unpaired) electrons. The molecule has 0 saturated heterocycles. The molecule has 1 atom stereocenters. The van der Waals surface area contributed by atoms with Crippen LogP contribution in [0.3, 0.4) is 0 Å². The number of anilines is 1. The minimum atomic E-state index is -0.638. The van der Waals surface area contributed by atoms with Crippen molar-refractivity contribution >= 4 is 11.9 Å². The number of aryl methyl sites for hydroxylation is 3. The first-order valence-electron chi connectivity index (χ1n) is 7.05. The third-order valence-electron chi connectivity index (χ3n) is 2.98. The molecule has 1 aromatic heterocycles. The fourth-order valence-corrected chi connectivity index (χ4v) is 1.88. The number of benzene rings is 1. The van der Waals surface area contributed by atoms with Gasteiger partial charge in [-0.25, -0.2) is 9.97 Å². The summed E-state index contributed by atoms with van der Waals surface area (Å²) in [6.45, 7) is 7.41. The number of amides is 1. The molecule has 1 unspecified atom stereocenters. The van der Waals surface area contributed by atoms with E-state index < -0.39 is 6.10 Å². The Bertz CT molecular complexity index is 635. The molecule has 2 aromatic rings. The van der Waals surface area contributed by atoms with E-state index in [-0.39, 0.29) is 5.91 Å². The first-order chi connectivity index (χ1) is 10.4. The van der Waals surface area contributed by atoms with E-state index in [0.29, 0.717) is 11.7 Å². The first kappa shape index (κ1) is 15.8. The standard InChI is InChI=1S/C16H20N4O2/c1-10-5-7-14(8-6-10)22-13(4)15(21)19-20-16-17-11(2)9-12(3)18-16/h5-9,13H,1-4H3,(H,19,21)(H,17,18,20). The molecule has 22 heavy (non-hydrogen) atoms. The van der Waals surface area contributed by atoms with Crippen LogP contribution >= 0.6 is 0 Å². The van der Waals surface area contributed by atoms with Gasteiger partial charge in [0.15, 0.2) is 6.10 Å². The van der Waals surface area contributed by atoms with Gasteiger partial charge in [-0.15, -0.1) is 0 Å². The zero-order valence-electron chi connectivity index (χ0n) is 13.2. The molecular formula is C16H20N4O2. The maximum absolute atomic E-state index is 12.0. The Morgan fingerprint density at radius 3 is 2.27 bits per heavy atom. The number of carbonyl (C=O) groups is 1. The van der Waals surface area contributed by atoms with Crippen LogP contribution in [-0.4, -0.2) is 22.0 Å². The summed E-state index contributed by atoms with van der Waals surface area (Å²) in [6.07, 6.45) is -0.638. The van der Waals surface area contributed by atoms with Gasteiger partial charge in [0.2, 0.25) is 5.95 Å². The average molecular weight is 300 g/mol. The third-order valence-corrected chi connectivity index (χ3v) is 2.98. The van der Waals surface area contributed by atoms with E-state index in [9.17, 15) is 4.79 Å². The van der Waals surface area contributed by atoms with Crippen LogP contribution in [0.5, 0.6) is 5.75 Å². The van der Waals surface area contributed by atoms with Gasteiger partial charge in [0.25, 0.3) is 5.91 Å². The topological polar surface area (TPSA) is 76.1 Å². The summed E-state index contributed by atoms with van der Waals surface area (Å²) in [6, 6.07) is 9.39. The largest absolute Gasteiger partial charge is 0.481 e. The Hall–Kier alpha value is -2.63. The smallest absolute Gasteiger partial charge is 0.279 e. The first-order valence-corrected chi connectivity index (χ1v) is 7.05. The van der Waals surface area contributed by atoms with Gasteiger partial charge in [-0.1, -0.05) is 17.7 Å². The van der Waals surface area contributed by atoms with Crippen LogP contribution in [0.25, 0.3) is 0 Å². The molecule has 0 fully saturated rings. The van der Waals surface area contributed by atoms with Crippen LogP contribution in [0, 0.1) is 20.8 Å². The molecule has 1 amide bonds. The van der Waals surface area contributed by atoms with Crippen molar-refractivity contribution in [3.8, 4) is 5.75 Å². The Balaban J connectivity index is 1.89. The highest BCUT2D eigenvalue weighted by atomic mass is 16.5. The quantitative estimate of drug-likeness (QED) is 0.829. The summed E-state index contributed by atoms with van der Waals surface area (Å²) in [5.41, 5.74) is 8.04. The van der Waals surface area contributed by atoms with Crippen LogP contribution in [-0.2, 0) is 4.79 Å². The maximum atomic E-state index is 12.0. The average Bonchev–Trinajstić information content (AvgIpc) is 2.46. The zero-order valence-corrected chi connectivity index (χ0v) is 13.2. The fourth-order valence-electron chi connectivity index (χ4n) is 1.88. The van der Waals surface area contributed by atoms with Gasteiger partial charge in [0, 0.05) is 11.4 Å². The number of nitrogens with zero attached hydrogens (tertiary/aromatic N) is 2. The monoisotopic (exact) mass is 300 g/mol. The van der Waals surface area contributed by atoms with Crippen molar-refractivity contribution in [1.29, 1.82) is 0 Å². The molecule has 0 aliphatic heterocycles. The van der Waals surface area contributed by atoms with Crippen LogP contribution in [0.2, 0.25) is 0 Å².